The largest absolute Gasteiger partial charge is 0.366 e. The first-order valence-corrected chi connectivity index (χ1v) is 10.9. The second-order valence-corrected chi connectivity index (χ2v) is 8.75. The lowest BCUT2D eigenvalue weighted by molar-refractivity contribution is 0.100. The number of carbonyl (C=O) groups excluding carboxylic acids is 1. The number of halogens is 1. The normalized spacial score (nSPS) is 11.3. The first-order valence-electron chi connectivity index (χ1n) is 9.25. The van der Waals surface area contributed by atoms with Crippen LogP contribution in [-0.2, 0) is 6.54 Å². The van der Waals surface area contributed by atoms with Crippen LogP contribution in [0.4, 0.5) is 0 Å². The van der Waals surface area contributed by atoms with E-state index in [1.807, 2.05) is 18.2 Å². The van der Waals surface area contributed by atoms with Gasteiger partial charge in [-0.25, -0.2) is 0 Å². The van der Waals surface area contributed by atoms with Crippen molar-refractivity contribution in [1.29, 1.82) is 0 Å². The minimum absolute atomic E-state index is 0.405. The first kappa shape index (κ1) is 18.2. The highest BCUT2D eigenvalue weighted by atomic mass is 79.9. The number of thiophene rings is 1. The number of hydrogen-bond donors (Lipinski definition) is 1. The summed E-state index contributed by atoms with van der Waals surface area (Å²) in [4.78, 5) is 13.4. The van der Waals surface area contributed by atoms with E-state index in [-0.39, 0.29) is 0 Å². The zero-order valence-corrected chi connectivity index (χ0v) is 17.8. The van der Waals surface area contributed by atoms with Crippen molar-refractivity contribution < 1.29 is 4.79 Å². The molecule has 0 saturated heterocycles. The van der Waals surface area contributed by atoms with Gasteiger partial charge in [-0.3, -0.25) is 4.79 Å². The average Bonchev–Trinajstić information content (AvgIpc) is 3.36. The molecule has 3 aromatic carbocycles. The van der Waals surface area contributed by atoms with Gasteiger partial charge in [-0.15, -0.1) is 11.3 Å². The molecule has 5 aromatic rings. The van der Waals surface area contributed by atoms with Gasteiger partial charge in [0.25, 0.3) is 0 Å². The molecule has 142 valence electrons. The Morgan fingerprint density at radius 2 is 1.83 bits per heavy atom. The van der Waals surface area contributed by atoms with Gasteiger partial charge in [0.2, 0.25) is 5.91 Å². The molecular weight excluding hydrogens is 444 g/mol. The van der Waals surface area contributed by atoms with Crippen LogP contribution in [0.15, 0.2) is 82.6 Å². The lowest BCUT2D eigenvalue weighted by atomic mass is 10.0. The maximum absolute atomic E-state index is 12.1. The Bertz CT molecular complexity index is 1370. The Hall–Kier alpha value is -2.89. The third kappa shape index (κ3) is 3.07. The molecule has 0 saturated carbocycles. The number of primary amides is 1. The second kappa shape index (κ2) is 7.17. The Morgan fingerprint density at radius 1 is 0.966 bits per heavy atom. The number of benzene rings is 3. The number of hydrogen-bond acceptors (Lipinski definition) is 2. The number of nitrogens with zero attached hydrogens (tertiary/aromatic N) is 1. The van der Waals surface area contributed by atoms with Gasteiger partial charge in [-0.05, 0) is 46.8 Å². The van der Waals surface area contributed by atoms with E-state index in [2.05, 4.69) is 74.4 Å². The summed E-state index contributed by atoms with van der Waals surface area (Å²) in [6.07, 6.45) is 0. The smallest absolute Gasteiger partial charge is 0.249 e. The van der Waals surface area contributed by atoms with Gasteiger partial charge in [0.05, 0.1) is 11.0 Å². The highest BCUT2D eigenvalue weighted by molar-refractivity contribution is 9.10. The molecule has 2 aromatic heterocycles. The minimum atomic E-state index is -0.405. The van der Waals surface area contributed by atoms with Crippen molar-refractivity contribution in [3.63, 3.8) is 0 Å². The van der Waals surface area contributed by atoms with E-state index < -0.39 is 5.91 Å². The van der Waals surface area contributed by atoms with Gasteiger partial charge < -0.3 is 10.3 Å². The molecule has 5 heteroatoms. The van der Waals surface area contributed by atoms with Crippen molar-refractivity contribution in [2.75, 3.05) is 0 Å². The monoisotopic (exact) mass is 460 g/mol. The molecule has 2 N–H and O–H groups in total. The molecule has 0 aliphatic rings. The summed E-state index contributed by atoms with van der Waals surface area (Å²) in [6, 6.07) is 24.6. The maximum Gasteiger partial charge on any atom is 0.249 e. The third-order valence-electron chi connectivity index (χ3n) is 5.25. The van der Waals surface area contributed by atoms with Gasteiger partial charge in [0.1, 0.15) is 0 Å². The predicted octanol–water partition coefficient (Wildman–Crippen LogP) is 6.43. The van der Waals surface area contributed by atoms with Gasteiger partial charge in [0.15, 0.2) is 0 Å². The van der Waals surface area contributed by atoms with Crippen LogP contribution in [0.2, 0.25) is 0 Å². The molecule has 0 unspecified atom stereocenters. The lowest BCUT2D eigenvalue weighted by Crippen LogP contribution is -2.11. The number of amides is 1. The number of carbonyl (C=O) groups is 1. The van der Waals surface area contributed by atoms with Gasteiger partial charge in [-0.2, -0.15) is 0 Å². The van der Waals surface area contributed by atoms with Crippen molar-refractivity contribution >= 4 is 55.0 Å². The van der Waals surface area contributed by atoms with Crippen molar-refractivity contribution in [2.24, 2.45) is 5.73 Å². The van der Waals surface area contributed by atoms with Crippen molar-refractivity contribution in [2.45, 2.75) is 6.54 Å². The van der Waals surface area contributed by atoms with E-state index in [4.69, 9.17) is 5.73 Å². The van der Waals surface area contributed by atoms with Crippen LogP contribution in [0.3, 0.4) is 0 Å². The fourth-order valence-corrected chi connectivity index (χ4v) is 5.05. The Kier molecular flexibility index (Phi) is 4.49. The molecule has 1 amide bonds. The zero-order chi connectivity index (χ0) is 20.0. The number of nitrogens with two attached hydrogens (primary N) is 1. The third-order valence-corrected chi connectivity index (χ3v) is 6.94. The lowest BCUT2D eigenvalue weighted by Gasteiger charge is -2.10. The summed E-state index contributed by atoms with van der Waals surface area (Å²) < 4.78 is 3.34. The molecule has 29 heavy (non-hydrogen) atoms. The van der Waals surface area contributed by atoms with Crippen molar-refractivity contribution in [3.8, 4) is 10.4 Å². The highest BCUT2D eigenvalue weighted by Gasteiger charge is 2.17. The summed E-state index contributed by atoms with van der Waals surface area (Å²) in [6.45, 7) is 0.692. The van der Waals surface area contributed by atoms with Crippen LogP contribution in [-0.4, -0.2) is 10.5 Å². The summed E-state index contributed by atoms with van der Waals surface area (Å²) in [5.74, 6) is -0.405. The molecule has 0 spiro atoms. The van der Waals surface area contributed by atoms with Crippen LogP contribution in [0.5, 0.6) is 0 Å². The van der Waals surface area contributed by atoms with Crippen LogP contribution in [0.25, 0.3) is 32.2 Å². The van der Waals surface area contributed by atoms with Crippen LogP contribution in [0, 0.1) is 0 Å². The minimum Gasteiger partial charge on any atom is -0.366 e. The molecule has 0 radical (unpaired) electrons. The molecule has 0 aliphatic carbocycles. The summed E-state index contributed by atoms with van der Waals surface area (Å²) >= 11 is 5.39. The molecule has 0 aliphatic heterocycles. The Morgan fingerprint density at radius 3 is 2.59 bits per heavy atom. The van der Waals surface area contributed by atoms with Gasteiger partial charge in [0, 0.05) is 32.2 Å². The fraction of sp³-hybridized carbons (Fsp3) is 0.0417. The molecular formula is C24H17BrN2OS. The molecule has 0 fully saturated rings. The van der Waals surface area contributed by atoms with Crippen molar-refractivity contribution in [3.05, 3.63) is 93.8 Å². The SMILES string of the molecule is NC(=O)c1cccc2c1c1ccc(-c3cccs3)cc1n2Cc1ccccc1Br. The van der Waals surface area contributed by atoms with Gasteiger partial charge in [-0.1, -0.05) is 58.4 Å². The second-order valence-electron chi connectivity index (χ2n) is 6.95. The van der Waals surface area contributed by atoms with E-state index in [0.29, 0.717) is 12.1 Å². The maximum atomic E-state index is 12.1. The highest BCUT2D eigenvalue weighted by Crippen LogP contribution is 2.36. The molecule has 2 heterocycles. The molecule has 5 rings (SSSR count). The fourth-order valence-electron chi connectivity index (χ4n) is 3.91. The number of rotatable bonds is 4. The molecule has 3 nitrogen and oxygen atoms in total. The molecule has 0 bridgehead atoms. The van der Waals surface area contributed by atoms with Crippen LogP contribution in [0.1, 0.15) is 15.9 Å². The van der Waals surface area contributed by atoms with Crippen LogP contribution < -0.4 is 5.73 Å². The number of fused-ring (bicyclic) bond motifs is 3. The quantitative estimate of drug-likeness (QED) is 0.329. The van der Waals surface area contributed by atoms with Gasteiger partial charge >= 0.3 is 0 Å². The van der Waals surface area contributed by atoms with E-state index in [9.17, 15) is 4.79 Å². The first-order chi connectivity index (χ1) is 14.1. The van der Waals surface area contributed by atoms with E-state index in [0.717, 1.165) is 26.3 Å². The number of aromatic nitrogens is 1. The molecule has 0 atom stereocenters. The predicted molar refractivity (Wildman–Crippen MR) is 125 cm³/mol. The topological polar surface area (TPSA) is 48.0 Å². The van der Waals surface area contributed by atoms with E-state index in [1.54, 1.807) is 17.4 Å². The Balaban J connectivity index is 1.84. The van der Waals surface area contributed by atoms with Crippen LogP contribution >= 0.6 is 27.3 Å². The summed E-state index contributed by atoms with van der Waals surface area (Å²) in [5, 5.41) is 4.04. The average molecular weight is 461 g/mol. The van der Waals surface area contributed by atoms with E-state index >= 15 is 0 Å². The summed E-state index contributed by atoms with van der Waals surface area (Å²) in [5.41, 5.74) is 10.7. The zero-order valence-electron chi connectivity index (χ0n) is 15.4. The van der Waals surface area contributed by atoms with E-state index in [1.165, 1.54) is 16.0 Å². The Labute approximate surface area is 180 Å². The van der Waals surface area contributed by atoms with Crippen molar-refractivity contribution in [1.82, 2.24) is 4.57 Å². The standard InChI is InChI=1S/C24H17BrN2OS/c25-19-7-2-1-5-16(19)14-27-20-8-3-6-18(24(26)28)23(20)17-11-10-15(13-21(17)27)22-9-4-12-29-22/h1-13H,14H2,(H2,26,28). The summed E-state index contributed by atoms with van der Waals surface area (Å²) in [7, 11) is 0.